The zero-order valence-corrected chi connectivity index (χ0v) is 13.6. The molecule has 4 heterocycles. The molecule has 0 bridgehead atoms. The molecule has 0 N–H and O–H groups in total. The first-order valence-electron chi connectivity index (χ1n) is 8.20. The van der Waals surface area contributed by atoms with Gasteiger partial charge in [-0.05, 0) is 38.4 Å². The fourth-order valence-electron chi connectivity index (χ4n) is 3.15. The molecule has 1 aliphatic heterocycles. The lowest BCUT2D eigenvalue weighted by atomic mass is 10.0. The third kappa shape index (κ3) is 3.07. The first kappa shape index (κ1) is 15.0. The van der Waals surface area contributed by atoms with Crippen molar-refractivity contribution in [3.63, 3.8) is 0 Å². The van der Waals surface area contributed by atoms with Crippen LogP contribution in [0.15, 0.2) is 39.6 Å². The number of aryl methyl sites for hydroxylation is 1. The van der Waals surface area contributed by atoms with E-state index in [0.717, 1.165) is 36.4 Å². The second kappa shape index (κ2) is 6.52. The van der Waals surface area contributed by atoms with E-state index in [1.54, 1.807) is 12.4 Å². The highest BCUT2D eigenvalue weighted by Crippen LogP contribution is 2.31. The highest BCUT2D eigenvalue weighted by Gasteiger charge is 2.29. The molecular weight excluding hydrogens is 306 g/mol. The average Bonchev–Trinajstić information content (AvgIpc) is 3.25. The minimum Gasteiger partial charge on any atom is -0.359 e. The maximum atomic E-state index is 5.53. The molecular formula is C17H19N5O2. The Morgan fingerprint density at radius 1 is 1.25 bits per heavy atom. The predicted octanol–water partition coefficient (Wildman–Crippen LogP) is 3.16. The fourth-order valence-corrected chi connectivity index (χ4v) is 3.15. The number of rotatable bonds is 4. The number of piperidine rings is 1. The summed E-state index contributed by atoms with van der Waals surface area (Å²) in [7, 11) is 0. The molecule has 0 radical (unpaired) electrons. The molecule has 124 valence electrons. The highest BCUT2D eigenvalue weighted by atomic mass is 16.5. The smallest absolute Gasteiger partial charge is 0.243 e. The lowest BCUT2D eigenvalue weighted by Crippen LogP contribution is -2.33. The van der Waals surface area contributed by atoms with Crippen LogP contribution in [-0.4, -0.2) is 31.7 Å². The Morgan fingerprint density at radius 3 is 3.00 bits per heavy atom. The molecule has 0 unspecified atom stereocenters. The van der Waals surface area contributed by atoms with E-state index in [0.29, 0.717) is 18.3 Å². The molecule has 0 saturated carbocycles. The van der Waals surface area contributed by atoms with Crippen molar-refractivity contribution in [3.8, 4) is 11.3 Å². The molecule has 7 heteroatoms. The molecule has 4 rings (SSSR count). The number of aromatic nitrogens is 4. The number of nitrogens with zero attached hydrogens (tertiary/aromatic N) is 5. The molecule has 1 atom stereocenters. The molecule has 0 aliphatic carbocycles. The minimum absolute atomic E-state index is 0.145. The van der Waals surface area contributed by atoms with E-state index in [2.05, 4.69) is 25.2 Å². The van der Waals surface area contributed by atoms with Gasteiger partial charge in [0.05, 0.1) is 12.6 Å². The summed E-state index contributed by atoms with van der Waals surface area (Å²) in [5.74, 6) is 2.20. The van der Waals surface area contributed by atoms with Crippen molar-refractivity contribution in [1.82, 2.24) is 25.2 Å². The van der Waals surface area contributed by atoms with Crippen LogP contribution in [0, 0.1) is 6.92 Å². The van der Waals surface area contributed by atoms with Gasteiger partial charge in [-0.25, -0.2) is 0 Å². The summed E-state index contributed by atoms with van der Waals surface area (Å²) in [5, 5.41) is 8.08. The van der Waals surface area contributed by atoms with Crippen molar-refractivity contribution in [1.29, 1.82) is 0 Å². The maximum absolute atomic E-state index is 5.53. The Morgan fingerprint density at radius 2 is 2.21 bits per heavy atom. The van der Waals surface area contributed by atoms with Crippen LogP contribution in [0.25, 0.3) is 11.3 Å². The van der Waals surface area contributed by atoms with E-state index < -0.39 is 0 Å². The molecule has 1 aliphatic rings. The van der Waals surface area contributed by atoms with Gasteiger partial charge in [0.15, 0.2) is 11.6 Å². The maximum Gasteiger partial charge on any atom is 0.243 e. The molecule has 0 spiro atoms. The highest BCUT2D eigenvalue weighted by molar-refractivity contribution is 5.57. The third-order valence-corrected chi connectivity index (χ3v) is 4.32. The van der Waals surface area contributed by atoms with E-state index in [4.69, 9.17) is 9.05 Å². The number of hydrogen-bond donors (Lipinski definition) is 0. The predicted molar refractivity (Wildman–Crippen MR) is 85.8 cm³/mol. The van der Waals surface area contributed by atoms with Crippen LogP contribution in [0.2, 0.25) is 0 Å². The van der Waals surface area contributed by atoms with E-state index in [-0.39, 0.29) is 6.04 Å². The van der Waals surface area contributed by atoms with Gasteiger partial charge >= 0.3 is 0 Å². The van der Waals surface area contributed by atoms with Crippen molar-refractivity contribution >= 4 is 0 Å². The van der Waals surface area contributed by atoms with Crippen LogP contribution in [0.1, 0.15) is 42.8 Å². The van der Waals surface area contributed by atoms with Crippen molar-refractivity contribution < 1.29 is 9.05 Å². The van der Waals surface area contributed by atoms with Crippen LogP contribution in [0.5, 0.6) is 0 Å². The second-order valence-corrected chi connectivity index (χ2v) is 6.08. The summed E-state index contributed by atoms with van der Waals surface area (Å²) in [4.78, 5) is 10.8. The second-order valence-electron chi connectivity index (χ2n) is 6.08. The van der Waals surface area contributed by atoms with Crippen LogP contribution < -0.4 is 0 Å². The standard InChI is InChI=1S/C17H19N5O2/c1-12-19-17(24-20-12)16-6-2-3-8-22(16)11-14-9-15(21-23-14)13-5-4-7-18-10-13/h4-5,7,9-10,16H,2-3,6,8,11H2,1H3/t16-/m0/s1. The van der Waals surface area contributed by atoms with E-state index >= 15 is 0 Å². The molecule has 24 heavy (non-hydrogen) atoms. The van der Waals surface area contributed by atoms with Crippen molar-refractivity contribution in [2.24, 2.45) is 0 Å². The van der Waals surface area contributed by atoms with Crippen molar-refractivity contribution in [2.45, 2.75) is 38.8 Å². The average molecular weight is 325 g/mol. The molecule has 7 nitrogen and oxygen atoms in total. The SMILES string of the molecule is Cc1noc([C@@H]2CCCCN2Cc2cc(-c3cccnc3)no2)n1. The number of pyridine rings is 1. The Balaban J connectivity index is 1.52. The summed E-state index contributed by atoms with van der Waals surface area (Å²) >= 11 is 0. The third-order valence-electron chi connectivity index (χ3n) is 4.32. The topological polar surface area (TPSA) is 81.1 Å². The summed E-state index contributed by atoms with van der Waals surface area (Å²) in [6.07, 6.45) is 6.88. The van der Waals surface area contributed by atoms with Crippen molar-refractivity contribution in [3.05, 3.63) is 48.1 Å². The number of hydrogen-bond acceptors (Lipinski definition) is 7. The van der Waals surface area contributed by atoms with E-state index in [1.165, 1.54) is 6.42 Å². The summed E-state index contributed by atoms with van der Waals surface area (Å²) in [5.41, 5.74) is 1.76. The van der Waals surface area contributed by atoms with Crippen LogP contribution in [0.3, 0.4) is 0 Å². The Bertz CT molecular complexity index is 798. The zero-order valence-electron chi connectivity index (χ0n) is 13.6. The molecule has 1 fully saturated rings. The number of likely N-dealkylation sites (tertiary alicyclic amines) is 1. The molecule has 3 aromatic rings. The summed E-state index contributed by atoms with van der Waals surface area (Å²) in [6.45, 7) is 3.51. The summed E-state index contributed by atoms with van der Waals surface area (Å²) in [6, 6.07) is 5.98. The van der Waals surface area contributed by atoms with Gasteiger partial charge in [0, 0.05) is 24.0 Å². The largest absolute Gasteiger partial charge is 0.359 e. The molecule has 1 saturated heterocycles. The van der Waals surface area contributed by atoms with Gasteiger partial charge in [-0.2, -0.15) is 4.98 Å². The molecule has 0 aromatic carbocycles. The molecule has 0 amide bonds. The van der Waals surface area contributed by atoms with E-state index in [9.17, 15) is 0 Å². The normalized spacial score (nSPS) is 18.8. The van der Waals surface area contributed by atoms with Gasteiger partial charge in [-0.1, -0.05) is 16.7 Å². The van der Waals surface area contributed by atoms with Gasteiger partial charge in [0.25, 0.3) is 0 Å². The van der Waals surface area contributed by atoms with Gasteiger partial charge in [-0.3, -0.25) is 9.88 Å². The first-order chi connectivity index (χ1) is 11.8. The minimum atomic E-state index is 0.145. The van der Waals surface area contributed by atoms with Gasteiger partial charge in [0.1, 0.15) is 5.69 Å². The van der Waals surface area contributed by atoms with Crippen molar-refractivity contribution in [2.75, 3.05) is 6.54 Å². The van der Waals surface area contributed by atoms with Crippen LogP contribution >= 0.6 is 0 Å². The quantitative estimate of drug-likeness (QED) is 0.728. The lowest BCUT2D eigenvalue weighted by molar-refractivity contribution is 0.101. The Hall–Kier alpha value is -2.54. The Kier molecular flexibility index (Phi) is 4.08. The van der Waals surface area contributed by atoms with Crippen LogP contribution in [-0.2, 0) is 6.54 Å². The van der Waals surface area contributed by atoms with Gasteiger partial charge in [-0.15, -0.1) is 0 Å². The van der Waals surface area contributed by atoms with E-state index in [1.807, 2.05) is 25.1 Å². The van der Waals surface area contributed by atoms with Gasteiger partial charge in [0.2, 0.25) is 5.89 Å². The van der Waals surface area contributed by atoms with Crippen LogP contribution in [0.4, 0.5) is 0 Å². The monoisotopic (exact) mass is 325 g/mol. The molecule has 3 aromatic heterocycles. The van der Waals surface area contributed by atoms with Gasteiger partial charge < -0.3 is 9.05 Å². The summed E-state index contributed by atoms with van der Waals surface area (Å²) < 4.78 is 10.9. The zero-order chi connectivity index (χ0) is 16.4. The fraction of sp³-hybridized carbons (Fsp3) is 0.412. The first-order valence-corrected chi connectivity index (χ1v) is 8.20. The lowest BCUT2D eigenvalue weighted by Gasteiger charge is -2.32. The Labute approximate surface area is 139 Å².